The number of carbonyl (C=O) groups excluding carboxylic acids is 4. The molecule has 0 radical (unpaired) electrons. The quantitative estimate of drug-likeness (QED) is 0.0748. The van der Waals surface area contributed by atoms with Gasteiger partial charge in [-0.1, -0.05) is 47.5 Å². The van der Waals surface area contributed by atoms with Crippen LogP contribution in [0.5, 0.6) is 17.4 Å². The monoisotopic (exact) mass is 1160 g/mol. The number of ketones is 1. The minimum absolute atomic E-state index is 0.0206. The smallest absolute Gasteiger partial charge is 0.326 e. The zero-order chi connectivity index (χ0) is 58.2. The number of Topliss-reactive ketones (excluding diaryl/α,β-unsaturated/α-hetero) is 1. The number of amidine groups is 1. The molecule has 0 saturated carbocycles. The van der Waals surface area contributed by atoms with Gasteiger partial charge in [0.1, 0.15) is 53.7 Å². The number of aromatic nitrogens is 3. The fraction of sp³-hybridized carbons (Fsp3) is 0.367. The molecule has 0 aliphatic carbocycles. The van der Waals surface area contributed by atoms with Gasteiger partial charge in [-0.2, -0.15) is 10.4 Å². The van der Waals surface area contributed by atoms with Gasteiger partial charge in [0.05, 0.1) is 80.4 Å². The van der Waals surface area contributed by atoms with Gasteiger partial charge in [-0.25, -0.2) is 14.2 Å². The first-order chi connectivity index (χ1) is 39.5. The highest BCUT2D eigenvalue weighted by Crippen LogP contribution is 2.46. The second-order valence-corrected chi connectivity index (χ2v) is 21.2. The van der Waals surface area contributed by atoms with Crippen LogP contribution in [0.2, 0.25) is 10.0 Å². The van der Waals surface area contributed by atoms with Crippen molar-refractivity contribution in [1.29, 1.82) is 5.26 Å². The molecule has 3 atom stereocenters. The summed E-state index contributed by atoms with van der Waals surface area (Å²) in [6.07, 6.45) is -0.274. The number of ether oxygens (including phenoxy) is 5. The molecule has 0 spiro atoms. The second kappa shape index (κ2) is 26.2. The Balaban J connectivity index is 0.767. The number of halogens is 3. The Kier molecular flexibility index (Phi) is 18.7. The van der Waals surface area contributed by atoms with Crippen LogP contribution in [0.25, 0.3) is 11.3 Å². The molecule has 9 rings (SSSR count). The molecule has 0 unspecified atom stereocenters. The molecule has 2 aromatic heterocycles. The van der Waals surface area contributed by atoms with Crippen molar-refractivity contribution in [3.8, 4) is 34.7 Å². The Morgan fingerprint density at radius 2 is 1.57 bits per heavy atom. The number of aliphatic imine (C=N–C) groups is 1. The Morgan fingerprint density at radius 3 is 2.27 bits per heavy atom. The largest absolute Gasteiger partial charge is 0.497 e. The SMILES string of the molecule is COc1ccc(C2=N[C@H](c3ccc(Cl)cc3)[C@H](c3ccc(Cl)cc3)N2C(=O)N2CCN(CCOCCOCCC(=O)CCCn3nc(C#N)c4c3CN(C)C(=O)c3ccc(F)cc3[C@@H](C)Oc3nc-4ccc3N)C(=O)C2)c(OC(C)C)c1. The van der Waals surface area contributed by atoms with Gasteiger partial charge in [-0.05, 0) is 105 Å². The standard InChI is InChI=1S/C60H63Cl2FN10O9/c1-36(2)81-52-32-44(78-5)17-19-46(52)57-67-55(38-8-12-40(61)13-9-38)56(39-10-14-41(62)15-11-39)73(57)60(77)71-25-24-70(53(75)35-71)26-28-80-30-29-79-27-22-43(74)7-6-23-72-51-34-69(4)59(76)45-18-16-42(63)31-47(45)37(3)82-58-48(65)20-21-49(66-58)54(51)50(33-64)68-72/h8-21,31-32,36-37,55-56H,6-7,22-30,34-35,65H2,1-5H3/t37-,55-,56+/m1/s1. The van der Waals surface area contributed by atoms with Gasteiger partial charge in [-0.15, -0.1) is 0 Å². The molecule has 428 valence electrons. The first kappa shape index (κ1) is 58.6. The summed E-state index contributed by atoms with van der Waals surface area (Å²) in [6.45, 7) is 7.27. The van der Waals surface area contributed by atoms with Crippen LogP contribution in [0, 0.1) is 17.1 Å². The number of amides is 4. The summed E-state index contributed by atoms with van der Waals surface area (Å²) < 4.78 is 45.7. The maximum Gasteiger partial charge on any atom is 0.326 e. The van der Waals surface area contributed by atoms with Crippen molar-refractivity contribution in [2.45, 2.75) is 77.4 Å². The minimum Gasteiger partial charge on any atom is -0.497 e. The summed E-state index contributed by atoms with van der Waals surface area (Å²) in [5, 5.41) is 15.9. The number of benzene rings is 4. The van der Waals surface area contributed by atoms with Crippen molar-refractivity contribution in [3.63, 3.8) is 0 Å². The normalized spacial score (nSPS) is 17.1. The number of carbonyl (C=O) groups is 4. The number of fused-ring (bicyclic) bond motifs is 5. The molecule has 2 bridgehead atoms. The number of rotatable bonds is 19. The number of piperazine rings is 1. The van der Waals surface area contributed by atoms with Gasteiger partial charge in [0.15, 0.2) is 5.69 Å². The highest BCUT2D eigenvalue weighted by molar-refractivity contribution is 6.30. The van der Waals surface area contributed by atoms with E-state index in [0.717, 1.165) is 11.1 Å². The summed E-state index contributed by atoms with van der Waals surface area (Å²) in [4.78, 5) is 72.1. The Hall–Kier alpha value is -8.09. The first-order valence-corrected chi connectivity index (χ1v) is 27.7. The third-order valence-corrected chi connectivity index (χ3v) is 14.8. The van der Waals surface area contributed by atoms with Crippen LogP contribution in [0.1, 0.15) is 102 Å². The number of urea groups is 1. The molecule has 1 saturated heterocycles. The van der Waals surface area contributed by atoms with Gasteiger partial charge in [0, 0.05) is 73.3 Å². The fourth-order valence-electron chi connectivity index (χ4n) is 10.2. The van der Waals surface area contributed by atoms with Gasteiger partial charge in [0.2, 0.25) is 11.8 Å². The molecule has 19 nitrogen and oxygen atoms in total. The number of pyridine rings is 1. The van der Waals surface area contributed by atoms with E-state index >= 15 is 4.79 Å². The van der Waals surface area contributed by atoms with E-state index in [9.17, 15) is 24.0 Å². The van der Waals surface area contributed by atoms with E-state index in [4.69, 9.17) is 57.6 Å². The van der Waals surface area contributed by atoms with Crippen LogP contribution in [0.15, 0.2) is 102 Å². The lowest BCUT2D eigenvalue weighted by atomic mass is 9.93. The minimum atomic E-state index is -0.796. The summed E-state index contributed by atoms with van der Waals surface area (Å²) in [5.41, 5.74) is 10.5. The molecule has 4 amide bonds. The third-order valence-electron chi connectivity index (χ3n) is 14.3. The molecule has 3 aliphatic heterocycles. The number of nitrogens with two attached hydrogens (primary N) is 1. The number of hydrogen-bond donors (Lipinski definition) is 1. The van der Waals surface area contributed by atoms with Crippen molar-refractivity contribution in [2.75, 3.05) is 72.5 Å². The number of nitriles is 1. The van der Waals surface area contributed by atoms with Crippen LogP contribution < -0.4 is 19.9 Å². The van der Waals surface area contributed by atoms with Crippen molar-refractivity contribution in [1.82, 2.24) is 34.4 Å². The molecular formula is C60H63Cl2FN10O9. The third kappa shape index (κ3) is 13.3. The molecular weight excluding hydrogens is 1090 g/mol. The van der Waals surface area contributed by atoms with E-state index in [2.05, 4.69) is 16.2 Å². The van der Waals surface area contributed by atoms with Crippen LogP contribution >= 0.6 is 23.2 Å². The van der Waals surface area contributed by atoms with E-state index in [0.29, 0.717) is 68.4 Å². The maximum absolute atomic E-state index is 15.1. The first-order valence-electron chi connectivity index (χ1n) is 27.0. The van der Waals surface area contributed by atoms with E-state index in [1.165, 1.54) is 23.1 Å². The Bertz CT molecular complexity index is 3410. The predicted octanol–water partition coefficient (Wildman–Crippen LogP) is 9.65. The van der Waals surface area contributed by atoms with Crippen LogP contribution in [0.4, 0.5) is 14.9 Å². The average Bonchev–Trinajstić information content (AvgIpc) is 4.14. The van der Waals surface area contributed by atoms with Gasteiger partial charge < -0.3 is 44.1 Å². The molecule has 3 aliphatic rings. The zero-order valence-corrected chi connectivity index (χ0v) is 47.7. The molecule has 22 heteroatoms. The summed E-state index contributed by atoms with van der Waals surface area (Å²) in [6, 6.07) is 27.7. The van der Waals surface area contributed by atoms with Gasteiger partial charge in [-0.3, -0.25) is 29.0 Å². The number of anilines is 1. The molecule has 1 fully saturated rings. The van der Waals surface area contributed by atoms with Crippen LogP contribution in [-0.2, 0) is 32.2 Å². The lowest BCUT2D eigenvalue weighted by Crippen LogP contribution is -2.56. The van der Waals surface area contributed by atoms with Gasteiger partial charge >= 0.3 is 6.03 Å². The van der Waals surface area contributed by atoms with Crippen LogP contribution in [-0.4, -0.2) is 137 Å². The maximum atomic E-state index is 15.1. The second-order valence-electron chi connectivity index (χ2n) is 20.3. The topological polar surface area (TPSA) is 220 Å². The fourth-order valence-corrected chi connectivity index (χ4v) is 10.4. The van der Waals surface area contributed by atoms with Crippen molar-refractivity contribution >= 4 is 58.4 Å². The number of aryl methyl sites for hydroxylation is 1. The summed E-state index contributed by atoms with van der Waals surface area (Å²) in [7, 11) is 3.17. The summed E-state index contributed by atoms with van der Waals surface area (Å²) >= 11 is 12.7. The highest BCUT2D eigenvalue weighted by Gasteiger charge is 2.46. The predicted molar refractivity (Wildman–Crippen MR) is 305 cm³/mol. The lowest BCUT2D eigenvalue weighted by Gasteiger charge is -2.38. The molecule has 6 aromatic rings. The molecule has 82 heavy (non-hydrogen) atoms. The van der Waals surface area contributed by atoms with Crippen molar-refractivity contribution in [3.05, 3.63) is 152 Å². The van der Waals surface area contributed by atoms with Crippen molar-refractivity contribution < 1.29 is 47.3 Å². The molecule has 4 aromatic carbocycles. The molecule has 2 N–H and O–H groups in total. The van der Waals surface area contributed by atoms with E-state index in [-0.39, 0.29) is 113 Å². The van der Waals surface area contributed by atoms with E-state index in [1.54, 1.807) is 89.0 Å². The van der Waals surface area contributed by atoms with Crippen LogP contribution in [0.3, 0.4) is 0 Å². The Labute approximate surface area is 484 Å². The van der Waals surface area contributed by atoms with Gasteiger partial charge in [0.25, 0.3) is 5.91 Å². The zero-order valence-electron chi connectivity index (χ0n) is 46.1. The van der Waals surface area contributed by atoms with Crippen molar-refractivity contribution in [2.24, 2.45) is 4.99 Å². The number of methoxy groups -OCH3 is 1. The highest BCUT2D eigenvalue weighted by atomic mass is 35.5. The number of nitrogen functional groups attached to an aromatic ring is 1. The van der Waals surface area contributed by atoms with E-state index in [1.807, 2.05) is 44.2 Å². The van der Waals surface area contributed by atoms with E-state index < -0.39 is 35.9 Å². The summed E-state index contributed by atoms with van der Waals surface area (Å²) in [5.74, 6) is 0.259. The average molecular weight is 1160 g/mol. The number of hydrogen-bond acceptors (Lipinski definition) is 14. The number of nitrogens with zero attached hydrogens (tertiary/aromatic N) is 9. The lowest BCUT2D eigenvalue weighted by molar-refractivity contribution is -0.135. The Morgan fingerprint density at radius 1 is 0.866 bits per heavy atom. The molecule has 5 heterocycles.